The summed E-state index contributed by atoms with van der Waals surface area (Å²) in [6.07, 6.45) is 0. The van der Waals surface area contributed by atoms with E-state index in [9.17, 15) is 49.0 Å². The Kier molecular flexibility index (Phi) is 8.85. The van der Waals surface area contributed by atoms with Crippen molar-refractivity contribution in [3.05, 3.63) is 0 Å². The molecule has 2 spiro atoms. The van der Waals surface area contributed by atoms with E-state index < -0.39 is 163 Å². The van der Waals surface area contributed by atoms with E-state index in [0.29, 0.717) is 0 Å². The first-order valence-electron chi connectivity index (χ1n) is 8.33. The Morgan fingerprint density at radius 3 is 0.457 bits per heavy atom. The third kappa shape index (κ3) is 5.85. The molecule has 0 aliphatic carbocycles. The molecule has 0 aromatic rings. The molecule has 0 aromatic carbocycles. The van der Waals surface area contributed by atoms with Gasteiger partial charge >= 0.3 is 367 Å². The van der Waals surface area contributed by atoms with E-state index in [1.54, 1.807) is 0 Å². The minimum absolute atomic E-state index is 0. The van der Waals surface area contributed by atoms with E-state index in [2.05, 4.69) is 36.8 Å². The summed E-state index contributed by atoms with van der Waals surface area (Å²) in [5.74, 6) is 0. The predicted molar refractivity (Wildman–Crippen MR) is 26.4 cm³/mol. The summed E-state index contributed by atoms with van der Waals surface area (Å²) in [5.41, 5.74) is 0. The molecule has 12 aliphatic heterocycles. The zero-order valence-electron chi connectivity index (χ0n) is 21.1. The van der Waals surface area contributed by atoms with Crippen LogP contribution in [-0.2, 0) is 234 Å². The van der Waals surface area contributed by atoms with Gasteiger partial charge in [-0.3, -0.25) is 0 Å². The maximum absolute atomic E-state index is 13.8. The Morgan fingerprint density at radius 2 is 0.326 bits per heavy atom. The second-order valence-electron chi connectivity index (χ2n) is 8.03. The van der Waals surface area contributed by atoms with Crippen LogP contribution in [0, 0.1) is 0 Å². The molecule has 8 bridgehead atoms. The summed E-state index contributed by atoms with van der Waals surface area (Å²) < 4.78 is 262. The number of rotatable bonds is 0. The van der Waals surface area contributed by atoms with E-state index in [4.69, 9.17) is 0 Å². The van der Waals surface area contributed by atoms with Crippen LogP contribution >= 0.6 is 0 Å². The molecule has 256 valence electrons. The molecule has 46 heavy (non-hydrogen) atoms. The zero-order valence-corrected chi connectivity index (χ0v) is 58.5. The van der Waals surface area contributed by atoms with Crippen LogP contribution in [0.4, 0.5) is 0 Å². The van der Waals surface area contributed by atoms with Gasteiger partial charge in [0.1, 0.15) is 0 Å². The van der Waals surface area contributed by atoms with E-state index in [0.717, 1.165) is 0 Å². The van der Waals surface area contributed by atoms with Crippen molar-refractivity contribution in [2.45, 2.75) is 0 Å². The molecule has 0 saturated carbocycles. The van der Waals surface area contributed by atoms with Gasteiger partial charge in [-0.25, -0.2) is 0 Å². The van der Waals surface area contributed by atoms with Crippen molar-refractivity contribution in [1.29, 1.82) is 0 Å². The molecule has 0 atom stereocenters. The molecule has 12 aliphatic rings. The van der Waals surface area contributed by atoms with Crippen LogP contribution in [0.25, 0.3) is 0 Å². The molecule has 0 N–H and O–H groups in total. The topological polar surface area (TPSA) is 429 Å². The van der Waals surface area contributed by atoms with Crippen LogP contribution in [0.3, 0.4) is 0 Å². The first-order valence-corrected chi connectivity index (χ1v) is 68.2. The van der Waals surface area contributed by atoms with Gasteiger partial charge in [0.15, 0.2) is 0 Å². The molecule has 12 rings (SSSR count). The molecule has 46 heteroatoms. The van der Waals surface area contributed by atoms with Crippen LogP contribution in [-0.4, -0.2) is 0 Å². The Balaban J connectivity index is 0.00000104. The van der Waals surface area contributed by atoms with Crippen molar-refractivity contribution in [3.63, 3.8) is 0 Å². The molecule has 0 aromatic heterocycles. The van der Waals surface area contributed by atoms with Gasteiger partial charge < -0.3 is 0 Å². The van der Waals surface area contributed by atoms with Gasteiger partial charge in [-0.1, -0.05) is 0 Å². The molecule has 12 heterocycles. The average molecular weight is 2440 g/mol. The van der Waals surface area contributed by atoms with Gasteiger partial charge in [-0.05, 0) is 0 Å². The quantitative estimate of drug-likeness (QED) is 0.203. The first-order chi connectivity index (χ1) is 17.6. The summed E-state index contributed by atoms with van der Waals surface area (Å²) in [4.78, 5) is 0. The van der Waals surface area contributed by atoms with Gasteiger partial charge in [0.05, 0.1) is 0 Å². The van der Waals surface area contributed by atoms with Crippen molar-refractivity contribution < 1.29 is 367 Å². The van der Waals surface area contributed by atoms with Gasteiger partial charge in [0.2, 0.25) is 0 Å². The molecule has 0 amide bonds. The first kappa shape index (κ1) is 45.1. The fraction of sp³-hybridized carbons (Fsp3) is 0. The fourth-order valence-corrected chi connectivity index (χ4v) is 481. The van der Waals surface area contributed by atoms with Crippen molar-refractivity contribution >= 4 is 0 Å². The molecular formula is Na4O32W10. The molecule has 32 nitrogen and oxygen atoms in total. The summed E-state index contributed by atoms with van der Waals surface area (Å²) in [6, 6.07) is 0. The fourth-order valence-electron chi connectivity index (χ4n) is 3.76. The van der Waals surface area contributed by atoms with Crippen LogP contribution in [0.15, 0.2) is 0 Å². The molecular weight excluding hydrogens is 2440 g/mol. The molecule has 12 fully saturated rings. The van der Waals surface area contributed by atoms with Crippen molar-refractivity contribution in [2.24, 2.45) is 0 Å². The third-order valence-electron chi connectivity index (χ3n) is 4.00. The monoisotopic (exact) mass is 2440 g/mol. The Morgan fingerprint density at radius 1 is 0.217 bits per heavy atom. The summed E-state index contributed by atoms with van der Waals surface area (Å²) in [6.45, 7) is 0. The van der Waals surface area contributed by atoms with Crippen LogP contribution in [0.2, 0.25) is 0 Å². The minimum atomic E-state index is -10.6. The van der Waals surface area contributed by atoms with Crippen LogP contribution in [0.1, 0.15) is 0 Å². The van der Waals surface area contributed by atoms with E-state index in [-0.39, 0.29) is 118 Å². The second-order valence-corrected chi connectivity index (χ2v) is 138. The Bertz CT molecular complexity index is 2060. The van der Waals surface area contributed by atoms with Crippen LogP contribution < -0.4 is 133 Å². The van der Waals surface area contributed by atoms with E-state index in [1.165, 1.54) is 0 Å². The SMILES string of the molecule is [Na+].[Na+].[Na+].[Na+].[O]=[W]12([O-])[O][W]3(=[O])([O-])[O][W]4(=[O])([O-])[O][W](=[O])([O-])([O]1)[O][W]15(=[O])[O][W](=[O])([O]4)([O]1)[O][W]1(=[O])([O]5)[O][W]4(=[O])([O][W]5(=[O])([O]2)[O][W](=[O])([O]3)([O]5)[O]4)[O]1. The summed E-state index contributed by atoms with van der Waals surface area (Å²) in [7, 11) is 0. The number of hydrogen-bond acceptors (Lipinski definition) is 32. The summed E-state index contributed by atoms with van der Waals surface area (Å²) in [5, 5.41) is 0. The second kappa shape index (κ2) is 9.03. The van der Waals surface area contributed by atoms with Gasteiger partial charge in [0.25, 0.3) is 0 Å². The molecule has 0 radical (unpaired) electrons. The van der Waals surface area contributed by atoms with Crippen molar-refractivity contribution in [3.8, 4) is 0 Å². The van der Waals surface area contributed by atoms with Gasteiger partial charge in [-0.15, -0.1) is 0 Å². The normalized spacial score (nSPS) is 53.6. The Labute approximate surface area is 357 Å². The average Bonchev–Trinajstić information content (AvgIpc) is 2.29. The third-order valence-corrected chi connectivity index (χ3v) is 268. The van der Waals surface area contributed by atoms with Gasteiger partial charge in [0, 0.05) is 0 Å². The van der Waals surface area contributed by atoms with E-state index in [1.807, 2.05) is 0 Å². The number of hydrogen-bond donors (Lipinski definition) is 0. The zero-order chi connectivity index (χ0) is 31.2. The van der Waals surface area contributed by atoms with Crippen molar-refractivity contribution in [1.82, 2.24) is 0 Å². The Hall–Kier alpha value is 8.00. The van der Waals surface area contributed by atoms with Crippen molar-refractivity contribution in [2.75, 3.05) is 0 Å². The standard InChI is InChI=1S/4Na.32O.10W/q4*+1;;;;;;;;;;;;;;;;;;;;;;;;;;;;;4*-1;;;;;;;;;;. The maximum atomic E-state index is 13.8. The predicted octanol–water partition coefficient (Wildman–Crippen LogP) is -19.2. The van der Waals surface area contributed by atoms with Gasteiger partial charge in [-0.2, -0.15) is 0 Å². The summed E-state index contributed by atoms with van der Waals surface area (Å²) >= 11 is -98.0. The van der Waals surface area contributed by atoms with Crippen LogP contribution in [0.5, 0.6) is 0 Å². The van der Waals surface area contributed by atoms with E-state index >= 15 is 0 Å². The molecule has 12 saturated heterocycles. The molecule has 0 unspecified atom stereocenters.